The van der Waals surface area contributed by atoms with Crippen molar-refractivity contribution in [3.63, 3.8) is 0 Å². The summed E-state index contributed by atoms with van der Waals surface area (Å²) in [4.78, 5) is 23.9. The first kappa shape index (κ1) is 24.2. The molecule has 4 heteroatoms. The molecule has 1 N–H and O–H groups in total. The zero-order valence-electron chi connectivity index (χ0n) is 21.3. The molecule has 4 fully saturated rings. The van der Waals surface area contributed by atoms with Crippen LogP contribution >= 0.6 is 0 Å². The predicted octanol–water partition coefficient (Wildman–Crippen LogP) is 5.94. The summed E-state index contributed by atoms with van der Waals surface area (Å²) in [6.45, 7) is 13.9. The molecule has 0 aromatic carbocycles. The Bertz CT molecular complexity index is 759. The molecule has 4 aliphatic rings. The Kier molecular flexibility index (Phi) is 6.13. The number of ether oxygens (including phenoxy) is 1. The summed E-state index contributed by atoms with van der Waals surface area (Å²) in [5.41, 5.74) is -0.719. The highest BCUT2D eigenvalue weighted by molar-refractivity contribution is 5.80. The Morgan fingerprint density at radius 2 is 1.81 bits per heavy atom. The van der Waals surface area contributed by atoms with Crippen LogP contribution < -0.4 is 0 Å². The van der Waals surface area contributed by atoms with Gasteiger partial charge in [0.2, 0.25) is 0 Å². The number of fused-ring (bicyclic) bond motifs is 5. The predicted molar refractivity (Wildman–Crippen MR) is 126 cm³/mol. The molecule has 8 atom stereocenters. The number of esters is 1. The number of carbonyl (C=O) groups excluding carboxylic acids is 2. The van der Waals surface area contributed by atoms with Gasteiger partial charge in [0.05, 0.1) is 12.2 Å². The monoisotopic (exact) mass is 446 g/mol. The lowest BCUT2D eigenvalue weighted by Gasteiger charge is -2.63. The van der Waals surface area contributed by atoms with E-state index < -0.39 is 5.60 Å². The zero-order chi connectivity index (χ0) is 23.5. The van der Waals surface area contributed by atoms with Crippen LogP contribution in [0.4, 0.5) is 0 Å². The smallest absolute Gasteiger partial charge is 0.305 e. The first-order valence-corrected chi connectivity index (χ1v) is 13.3. The number of Topliss-reactive ketones (excluding diaryl/α,β-unsaturated/α-hetero) is 1. The lowest BCUT2D eigenvalue weighted by atomic mass is 9.42. The summed E-state index contributed by atoms with van der Waals surface area (Å²) < 4.78 is 5.33. The van der Waals surface area contributed by atoms with Gasteiger partial charge in [-0.25, -0.2) is 0 Å². The van der Waals surface area contributed by atoms with Crippen molar-refractivity contribution in [1.82, 2.24) is 0 Å². The van der Waals surface area contributed by atoms with Crippen LogP contribution in [-0.2, 0) is 14.3 Å². The zero-order valence-corrected chi connectivity index (χ0v) is 21.3. The molecule has 4 aliphatic carbocycles. The molecule has 0 aromatic rings. The minimum absolute atomic E-state index is 0.0939. The van der Waals surface area contributed by atoms with Crippen LogP contribution in [0.3, 0.4) is 0 Å². The average molecular weight is 447 g/mol. The topological polar surface area (TPSA) is 63.6 Å². The molecule has 0 aliphatic heterocycles. The molecule has 0 amide bonds. The fraction of sp³-hybridized carbons (Fsp3) is 0.929. The summed E-state index contributed by atoms with van der Waals surface area (Å²) in [6, 6.07) is 0. The van der Waals surface area contributed by atoms with E-state index in [2.05, 4.69) is 34.6 Å². The van der Waals surface area contributed by atoms with E-state index in [0.717, 1.165) is 32.1 Å². The van der Waals surface area contributed by atoms with Crippen LogP contribution in [0.5, 0.6) is 0 Å². The van der Waals surface area contributed by atoms with Crippen molar-refractivity contribution in [3.8, 4) is 0 Å². The van der Waals surface area contributed by atoms with Gasteiger partial charge in [0, 0.05) is 19.3 Å². The van der Waals surface area contributed by atoms with E-state index in [1.54, 1.807) is 0 Å². The Labute approximate surface area is 195 Å². The minimum Gasteiger partial charge on any atom is -0.466 e. The van der Waals surface area contributed by atoms with E-state index in [1.807, 2.05) is 6.92 Å². The van der Waals surface area contributed by atoms with Gasteiger partial charge in [-0.1, -0.05) is 41.5 Å². The Morgan fingerprint density at radius 1 is 1.09 bits per heavy atom. The van der Waals surface area contributed by atoms with Gasteiger partial charge in [-0.2, -0.15) is 0 Å². The van der Waals surface area contributed by atoms with Gasteiger partial charge in [-0.15, -0.1) is 0 Å². The molecule has 4 nitrogen and oxygen atoms in total. The normalized spacial score (nSPS) is 47.3. The second kappa shape index (κ2) is 8.10. The largest absolute Gasteiger partial charge is 0.466 e. The summed E-state index contributed by atoms with van der Waals surface area (Å²) in [5, 5.41) is 12.3. The maximum atomic E-state index is 12.4. The maximum absolute atomic E-state index is 12.4. The first-order chi connectivity index (χ1) is 14.9. The van der Waals surface area contributed by atoms with Crippen molar-refractivity contribution in [2.75, 3.05) is 6.61 Å². The van der Waals surface area contributed by atoms with E-state index >= 15 is 0 Å². The highest BCUT2D eigenvalue weighted by atomic mass is 16.5. The Balaban J connectivity index is 1.57. The van der Waals surface area contributed by atoms with Crippen molar-refractivity contribution in [2.45, 2.75) is 111 Å². The first-order valence-electron chi connectivity index (χ1n) is 13.3. The fourth-order valence-electron chi connectivity index (χ4n) is 9.42. The number of ketones is 1. The van der Waals surface area contributed by atoms with Crippen LogP contribution in [0, 0.1) is 45.8 Å². The van der Waals surface area contributed by atoms with Crippen LogP contribution in [0.1, 0.15) is 106 Å². The van der Waals surface area contributed by atoms with Crippen molar-refractivity contribution >= 4 is 11.8 Å². The molecule has 0 heterocycles. The number of rotatable bonds is 5. The Hall–Kier alpha value is -0.900. The summed E-state index contributed by atoms with van der Waals surface area (Å²) in [6.07, 6.45) is 9.07. The average Bonchev–Trinajstić information content (AvgIpc) is 2.89. The number of hydrogen-bond donors (Lipinski definition) is 1. The van der Waals surface area contributed by atoms with Crippen LogP contribution in [0.2, 0.25) is 0 Å². The molecule has 0 unspecified atom stereocenters. The molecule has 0 bridgehead atoms. The van der Waals surface area contributed by atoms with Crippen LogP contribution in [0.25, 0.3) is 0 Å². The molecule has 4 saturated carbocycles. The molecule has 0 radical (unpaired) electrons. The third kappa shape index (κ3) is 3.33. The second-order valence-electron chi connectivity index (χ2n) is 12.9. The van der Waals surface area contributed by atoms with Gasteiger partial charge < -0.3 is 9.84 Å². The van der Waals surface area contributed by atoms with E-state index in [1.165, 1.54) is 19.3 Å². The van der Waals surface area contributed by atoms with E-state index in [4.69, 9.17) is 4.74 Å². The number of aliphatic hydroxyl groups is 1. The van der Waals surface area contributed by atoms with Crippen molar-refractivity contribution < 1.29 is 19.4 Å². The quantitative estimate of drug-likeness (QED) is 0.419. The minimum atomic E-state index is -0.736. The lowest BCUT2D eigenvalue weighted by molar-refractivity contribution is -0.182. The summed E-state index contributed by atoms with van der Waals surface area (Å²) >= 11 is 0. The molecule has 32 heavy (non-hydrogen) atoms. The maximum Gasteiger partial charge on any atom is 0.305 e. The second-order valence-corrected chi connectivity index (χ2v) is 12.9. The Morgan fingerprint density at radius 3 is 2.50 bits per heavy atom. The van der Waals surface area contributed by atoms with E-state index in [0.29, 0.717) is 54.8 Å². The van der Waals surface area contributed by atoms with Gasteiger partial charge in [0.15, 0.2) is 0 Å². The van der Waals surface area contributed by atoms with Gasteiger partial charge in [0.25, 0.3) is 0 Å². The summed E-state index contributed by atoms with van der Waals surface area (Å²) in [5.74, 6) is 3.18. The highest BCUT2D eigenvalue weighted by Gasteiger charge is 2.70. The van der Waals surface area contributed by atoms with Crippen LogP contribution in [0.15, 0.2) is 0 Å². The van der Waals surface area contributed by atoms with Gasteiger partial charge in [-0.05, 0) is 90.8 Å². The molecular weight excluding hydrogens is 400 g/mol. The molecule has 0 aromatic heterocycles. The molecule has 182 valence electrons. The molecule has 4 rings (SSSR count). The van der Waals surface area contributed by atoms with E-state index in [-0.39, 0.29) is 22.2 Å². The number of carbonyl (C=O) groups is 2. The van der Waals surface area contributed by atoms with Crippen molar-refractivity contribution in [2.24, 2.45) is 45.8 Å². The molecule has 0 saturated heterocycles. The van der Waals surface area contributed by atoms with Crippen LogP contribution in [-0.4, -0.2) is 29.1 Å². The van der Waals surface area contributed by atoms with Crippen molar-refractivity contribution in [3.05, 3.63) is 0 Å². The van der Waals surface area contributed by atoms with Gasteiger partial charge in [0.1, 0.15) is 5.78 Å². The van der Waals surface area contributed by atoms with Gasteiger partial charge in [-0.3, -0.25) is 9.59 Å². The lowest BCUT2D eigenvalue weighted by Crippen LogP contribution is -2.59. The standard InChI is InChI=1S/C28H46O4/c1-7-24(30)32-14-8-12-28(31)25(3,4)17-23-21-10-9-19-16-20(29)15-18(2)27(19,6)22(21)11-13-26(23,28)5/h18-19,21-23,31H,7-17H2,1-6H3/t18-,19-,21+,22-,23-,26-,27-,28-/m0/s1. The SMILES string of the molecule is CCC(=O)OCCC[C@]1(O)C(C)(C)C[C@H]2[C@@H]3CC[C@H]4CC(=O)C[C@H](C)[C@]4(C)[C@H]3CC[C@@]21C. The van der Waals surface area contributed by atoms with Crippen molar-refractivity contribution in [1.29, 1.82) is 0 Å². The highest BCUT2D eigenvalue weighted by Crippen LogP contribution is 2.72. The number of hydrogen-bond acceptors (Lipinski definition) is 4. The third-order valence-electron chi connectivity index (χ3n) is 11.5. The van der Waals surface area contributed by atoms with E-state index in [9.17, 15) is 14.7 Å². The van der Waals surface area contributed by atoms with Gasteiger partial charge >= 0.3 is 5.97 Å². The summed E-state index contributed by atoms with van der Waals surface area (Å²) in [7, 11) is 0. The fourth-order valence-corrected chi connectivity index (χ4v) is 9.42. The molecule has 0 spiro atoms. The molecular formula is C28H46O4. The third-order valence-corrected chi connectivity index (χ3v) is 11.5.